The number of hydrogen-bond donors (Lipinski definition) is 1. The topological polar surface area (TPSA) is 78.1 Å². The van der Waals surface area contributed by atoms with Crippen LogP contribution >= 0.6 is 11.3 Å². The molecule has 5 nitrogen and oxygen atoms in total. The normalized spacial score (nSPS) is 10.4. The average molecular weight is 311 g/mol. The van der Waals surface area contributed by atoms with E-state index in [1.807, 2.05) is 17.5 Å². The number of hydrogen-bond acceptors (Lipinski definition) is 5. The van der Waals surface area contributed by atoms with Gasteiger partial charge in [-0.25, -0.2) is 9.97 Å². The molecule has 1 amide bonds. The molecular formula is C16H13N3O2S. The Morgan fingerprint density at radius 1 is 1.14 bits per heavy atom. The minimum Gasteiger partial charge on any atom is -0.424 e. The van der Waals surface area contributed by atoms with Crippen molar-refractivity contribution in [2.45, 2.75) is 6.42 Å². The number of nitrogens with zero attached hydrogens (tertiary/aromatic N) is 2. The van der Waals surface area contributed by atoms with Gasteiger partial charge in [0.1, 0.15) is 5.75 Å². The lowest BCUT2D eigenvalue weighted by atomic mass is 10.1. The number of primary amides is 1. The largest absolute Gasteiger partial charge is 0.424 e. The van der Waals surface area contributed by atoms with Crippen LogP contribution in [0.5, 0.6) is 11.8 Å². The van der Waals surface area contributed by atoms with Gasteiger partial charge in [-0.2, -0.15) is 0 Å². The summed E-state index contributed by atoms with van der Waals surface area (Å²) in [6.07, 6.45) is 3.68. The van der Waals surface area contributed by atoms with Crippen LogP contribution in [0.3, 0.4) is 0 Å². The molecule has 6 heteroatoms. The number of nitrogens with two attached hydrogens (primary N) is 1. The summed E-state index contributed by atoms with van der Waals surface area (Å²) in [5.41, 5.74) is 6.95. The second-order valence-corrected chi connectivity index (χ2v) is 5.57. The van der Waals surface area contributed by atoms with Crippen molar-refractivity contribution in [1.29, 1.82) is 0 Å². The van der Waals surface area contributed by atoms with Crippen molar-refractivity contribution in [2.24, 2.45) is 5.73 Å². The van der Waals surface area contributed by atoms with E-state index in [0.29, 0.717) is 5.75 Å². The van der Waals surface area contributed by atoms with Gasteiger partial charge in [0, 0.05) is 22.8 Å². The first kappa shape index (κ1) is 14.2. The highest BCUT2D eigenvalue weighted by Crippen LogP contribution is 2.25. The molecule has 22 heavy (non-hydrogen) atoms. The number of amides is 1. The molecule has 0 atom stereocenters. The first-order chi connectivity index (χ1) is 10.7. The smallest absolute Gasteiger partial charge is 0.321 e. The van der Waals surface area contributed by atoms with Gasteiger partial charge < -0.3 is 10.5 Å². The molecule has 0 bridgehead atoms. The molecular weight excluding hydrogens is 298 g/mol. The number of thiophene rings is 1. The Bertz CT molecular complexity index is 753. The molecule has 1 aromatic carbocycles. The van der Waals surface area contributed by atoms with Crippen LogP contribution < -0.4 is 10.5 Å². The van der Waals surface area contributed by atoms with Crippen LogP contribution in [-0.2, 0) is 11.2 Å². The second kappa shape index (κ2) is 6.36. The van der Waals surface area contributed by atoms with Crippen molar-refractivity contribution in [3.8, 4) is 22.2 Å². The SMILES string of the molecule is NC(=O)Cc1ccc(Oc2ncc(-c3cccs3)cn2)cc1. The molecule has 0 fully saturated rings. The molecule has 0 saturated heterocycles. The fraction of sp³-hybridized carbons (Fsp3) is 0.0625. The van der Waals surface area contributed by atoms with E-state index in [1.54, 1.807) is 48.0 Å². The first-order valence-corrected chi connectivity index (χ1v) is 7.50. The Morgan fingerprint density at radius 2 is 1.86 bits per heavy atom. The van der Waals surface area contributed by atoms with Crippen LogP contribution in [0.25, 0.3) is 10.4 Å². The van der Waals surface area contributed by atoms with Crippen LogP contribution in [0, 0.1) is 0 Å². The van der Waals surface area contributed by atoms with Crippen LogP contribution in [0.4, 0.5) is 0 Å². The van der Waals surface area contributed by atoms with E-state index in [2.05, 4.69) is 9.97 Å². The summed E-state index contributed by atoms with van der Waals surface area (Å²) in [6.45, 7) is 0. The Balaban J connectivity index is 1.69. The summed E-state index contributed by atoms with van der Waals surface area (Å²) in [5.74, 6) is 0.248. The zero-order valence-electron chi connectivity index (χ0n) is 11.6. The first-order valence-electron chi connectivity index (χ1n) is 6.62. The van der Waals surface area contributed by atoms with E-state index < -0.39 is 0 Å². The molecule has 2 heterocycles. The molecule has 0 unspecified atom stereocenters. The summed E-state index contributed by atoms with van der Waals surface area (Å²) >= 11 is 1.63. The third kappa shape index (κ3) is 3.48. The standard InChI is InChI=1S/C16H13N3O2S/c17-15(20)8-11-3-5-13(6-4-11)21-16-18-9-12(10-19-16)14-2-1-7-22-14/h1-7,9-10H,8H2,(H2,17,20). The maximum Gasteiger partial charge on any atom is 0.321 e. The number of rotatable bonds is 5. The van der Waals surface area contributed by atoms with Crippen LogP contribution in [-0.4, -0.2) is 15.9 Å². The summed E-state index contributed by atoms with van der Waals surface area (Å²) < 4.78 is 5.58. The molecule has 0 saturated carbocycles. The highest BCUT2D eigenvalue weighted by Gasteiger charge is 2.04. The van der Waals surface area contributed by atoms with Gasteiger partial charge in [-0.1, -0.05) is 18.2 Å². The zero-order chi connectivity index (χ0) is 15.4. The second-order valence-electron chi connectivity index (χ2n) is 4.62. The van der Waals surface area contributed by atoms with Crippen molar-refractivity contribution in [2.75, 3.05) is 0 Å². The quantitative estimate of drug-likeness (QED) is 0.785. The van der Waals surface area contributed by atoms with Gasteiger partial charge in [0.2, 0.25) is 5.91 Å². The zero-order valence-corrected chi connectivity index (χ0v) is 12.4. The van der Waals surface area contributed by atoms with Gasteiger partial charge in [0.15, 0.2) is 0 Å². The molecule has 0 spiro atoms. The fourth-order valence-electron chi connectivity index (χ4n) is 1.92. The van der Waals surface area contributed by atoms with Crippen LogP contribution in [0.15, 0.2) is 54.2 Å². The molecule has 0 aliphatic rings. The number of benzene rings is 1. The van der Waals surface area contributed by atoms with E-state index >= 15 is 0 Å². The molecule has 3 aromatic rings. The average Bonchev–Trinajstić information content (AvgIpc) is 3.04. The maximum atomic E-state index is 10.8. The van der Waals surface area contributed by atoms with Crippen molar-refractivity contribution < 1.29 is 9.53 Å². The van der Waals surface area contributed by atoms with Crippen molar-refractivity contribution in [3.63, 3.8) is 0 Å². The van der Waals surface area contributed by atoms with Gasteiger partial charge in [-0.05, 0) is 29.1 Å². The number of aromatic nitrogens is 2. The Hall–Kier alpha value is -2.73. The number of carbonyl (C=O) groups excluding carboxylic acids is 1. The summed E-state index contributed by atoms with van der Waals surface area (Å²) in [4.78, 5) is 20.4. The Morgan fingerprint density at radius 3 is 2.45 bits per heavy atom. The maximum absolute atomic E-state index is 10.8. The molecule has 0 radical (unpaired) electrons. The fourth-order valence-corrected chi connectivity index (χ4v) is 2.62. The molecule has 0 aliphatic heterocycles. The van der Waals surface area contributed by atoms with Gasteiger partial charge in [-0.15, -0.1) is 11.3 Å². The van der Waals surface area contributed by atoms with Crippen molar-refractivity contribution >= 4 is 17.2 Å². The van der Waals surface area contributed by atoms with Gasteiger partial charge >= 0.3 is 6.01 Å². The van der Waals surface area contributed by atoms with Gasteiger partial charge in [0.25, 0.3) is 0 Å². The van der Waals surface area contributed by atoms with E-state index in [-0.39, 0.29) is 18.3 Å². The molecule has 2 N–H and O–H groups in total. The lowest BCUT2D eigenvalue weighted by Crippen LogP contribution is -2.13. The van der Waals surface area contributed by atoms with Crippen LogP contribution in [0.2, 0.25) is 0 Å². The third-order valence-corrected chi connectivity index (χ3v) is 3.86. The summed E-state index contributed by atoms with van der Waals surface area (Å²) in [7, 11) is 0. The van der Waals surface area contributed by atoms with Crippen LogP contribution in [0.1, 0.15) is 5.56 Å². The lowest BCUT2D eigenvalue weighted by molar-refractivity contribution is -0.117. The third-order valence-electron chi connectivity index (χ3n) is 2.94. The number of ether oxygens (including phenoxy) is 1. The van der Waals surface area contributed by atoms with E-state index in [0.717, 1.165) is 16.0 Å². The molecule has 110 valence electrons. The summed E-state index contributed by atoms with van der Waals surface area (Å²) in [6, 6.07) is 11.4. The summed E-state index contributed by atoms with van der Waals surface area (Å²) in [5, 5.41) is 2.01. The van der Waals surface area contributed by atoms with E-state index in [4.69, 9.17) is 10.5 Å². The molecule has 0 aliphatic carbocycles. The van der Waals surface area contributed by atoms with Gasteiger partial charge in [0.05, 0.1) is 6.42 Å². The van der Waals surface area contributed by atoms with Gasteiger partial charge in [-0.3, -0.25) is 4.79 Å². The predicted octanol–water partition coefficient (Wildman–Crippen LogP) is 3.03. The molecule has 3 rings (SSSR count). The van der Waals surface area contributed by atoms with Crippen molar-refractivity contribution in [3.05, 3.63) is 59.7 Å². The Labute approximate surface area is 131 Å². The highest BCUT2D eigenvalue weighted by molar-refractivity contribution is 7.13. The predicted molar refractivity (Wildman–Crippen MR) is 84.8 cm³/mol. The van der Waals surface area contributed by atoms with Crippen molar-refractivity contribution in [1.82, 2.24) is 9.97 Å². The highest BCUT2D eigenvalue weighted by atomic mass is 32.1. The molecule has 2 aromatic heterocycles. The number of carbonyl (C=O) groups is 1. The minimum absolute atomic E-state index is 0.215. The monoisotopic (exact) mass is 311 g/mol. The van der Waals surface area contributed by atoms with E-state index in [1.165, 1.54) is 0 Å². The Kier molecular flexibility index (Phi) is 4.11. The van der Waals surface area contributed by atoms with E-state index in [9.17, 15) is 4.79 Å². The minimum atomic E-state index is -0.360. The lowest BCUT2D eigenvalue weighted by Gasteiger charge is -2.05.